The van der Waals surface area contributed by atoms with Gasteiger partial charge in [0.15, 0.2) is 0 Å². The van der Waals surface area contributed by atoms with Gasteiger partial charge in [-0.2, -0.15) is 0 Å². The highest BCUT2D eigenvalue weighted by atomic mass is 35.5. The number of halogens is 1. The third-order valence-corrected chi connectivity index (χ3v) is 9.25. The Bertz CT molecular complexity index is 2170. The summed E-state index contributed by atoms with van der Waals surface area (Å²) in [5.74, 6) is 2.40. The van der Waals surface area contributed by atoms with Crippen LogP contribution in [-0.2, 0) is 11.3 Å². The SMILES string of the molecule is COc1ccc(Cn2ccc3cc(O[C@H]4CCN(C(=O)OC(C)(C)C)C4)c(C)cc3c2=O)cc1.Cc1cc2c(=O)[nH]ccc2cc1O[C@H]1CCNC1.Cl. The van der Waals surface area contributed by atoms with E-state index in [-0.39, 0.29) is 41.8 Å². The molecule has 12 heteroatoms. The van der Waals surface area contributed by atoms with Crippen molar-refractivity contribution in [3.05, 3.63) is 110 Å². The van der Waals surface area contributed by atoms with Gasteiger partial charge >= 0.3 is 6.09 Å². The lowest BCUT2D eigenvalue weighted by Crippen LogP contribution is -2.36. The number of carbonyl (C=O) groups is 1. The van der Waals surface area contributed by atoms with Crippen molar-refractivity contribution in [3.63, 3.8) is 0 Å². The molecule has 4 heterocycles. The van der Waals surface area contributed by atoms with Crippen LogP contribution in [0.25, 0.3) is 21.5 Å². The van der Waals surface area contributed by atoms with Crippen molar-refractivity contribution in [1.29, 1.82) is 0 Å². The van der Waals surface area contributed by atoms with Gasteiger partial charge in [0.05, 0.1) is 20.2 Å². The van der Waals surface area contributed by atoms with Crippen LogP contribution in [0.15, 0.2) is 82.6 Å². The second kappa shape index (κ2) is 16.8. The Morgan fingerprint density at radius 2 is 1.53 bits per heavy atom. The highest BCUT2D eigenvalue weighted by Crippen LogP contribution is 2.28. The summed E-state index contributed by atoms with van der Waals surface area (Å²) in [7, 11) is 1.63. The van der Waals surface area contributed by atoms with Crippen LogP contribution in [0.1, 0.15) is 50.3 Å². The fourth-order valence-corrected chi connectivity index (χ4v) is 6.45. The van der Waals surface area contributed by atoms with Gasteiger partial charge in [-0.25, -0.2) is 4.79 Å². The van der Waals surface area contributed by atoms with Gasteiger partial charge in [-0.05, 0) is 124 Å². The fourth-order valence-electron chi connectivity index (χ4n) is 6.45. The third kappa shape index (κ3) is 9.71. The van der Waals surface area contributed by atoms with Crippen LogP contribution < -0.4 is 30.6 Å². The molecule has 2 atom stereocenters. The van der Waals surface area contributed by atoms with E-state index >= 15 is 0 Å². The number of ether oxygens (including phenoxy) is 4. The van der Waals surface area contributed by atoms with E-state index in [0.29, 0.717) is 30.4 Å². The molecule has 0 spiro atoms. The van der Waals surface area contributed by atoms with Gasteiger partial charge in [0, 0.05) is 42.7 Å². The number of amides is 1. The molecule has 2 aromatic heterocycles. The summed E-state index contributed by atoms with van der Waals surface area (Å²) >= 11 is 0. The Morgan fingerprint density at radius 3 is 2.17 bits per heavy atom. The zero-order chi connectivity index (χ0) is 37.0. The minimum Gasteiger partial charge on any atom is -0.497 e. The average Bonchev–Trinajstić information content (AvgIpc) is 3.80. The number of H-pyrrole nitrogens is 1. The molecule has 0 radical (unpaired) electrons. The number of methoxy groups -OCH3 is 1. The Morgan fingerprint density at radius 1 is 0.868 bits per heavy atom. The molecule has 0 aliphatic carbocycles. The van der Waals surface area contributed by atoms with E-state index in [4.69, 9.17) is 18.9 Å². The van der Waals surface area contributed by atoms with E-state index in [0.717, 1.165) is 70.6 Å². The van der Waals surface area contributed by atoms with Crippen molar-refractivity contribution in [2.75, 3.05) is 33.3 Å². The van der Waals surface area contributed by atoms with Crippen LogP contribution >= 0.6 is 12.4 Å². The quantitative estimate of drug-likeness (QED) is 0.188. The lowest BCUT2D eigenvalue weighted by molar-refractivity contribution is 0.0275. The summed E-state index contributed by atoms with van der Waals surface area (Å²) in [6.07, 6.45) is 5.07. The van der Waals surface area contributed by atoms with E-state index in [1.165, 1.54) is 0 Å². The number of fused-ring (bicyclic) bond motifs is 2. The number of carbonyl (C=O) groups excluding carboxylic acids is 1. The molecular formula is C41H49ClN4O7. The Labute approximate surface area is 315 Å². The van der Waals surface area contributed by atoms with Crippen LogP contribution in [0, 0.1) is 13.8 Å². The minimum absolute atomic E-state index is 0. The second-order valence-electron chi connectivity index (χ2n) is 14.5. The summed E-state index contributed by atoms with van der Waals surface area (Å²) in [4.78, 5) is 41.5. The summed E-state index contributed by atoms with van der Waals surface area (Å²) in [6.45, 7) is 13.0. The number of likely N-dealkylation sites (tertiary alicyclic amines) is 1. The molecule has 7 rings (SSSR count). The maximum absolute atomic E-state index is 13.1. The molecule has 2 aliphatic heterocycles. The minimum atomic E-state index is -0.523. The first kappa shape index (κ1) is 39.2. The van der Waals surface area contributed by atoms with E-state index < -0.39 is 5.60 Å². The van der Waals surface area contributed by atoms with Crippen molar-refractivity contribution in [1.82, 2.24) is 19.8 Å². The number of nitrogens with zero attached hydrogens (tertiary/aromatic N) is 2. The van der Waals surface area contributed by atoms with Gasteiger partial charge in [-0.3, -0.25) is 9.59 Å². The predicted molar refractivity (Wildman–Crippen MR) is 210 cm³/mol. The van der Waals surface area contributed by atoms with Gasteiger partial charge in [-0.1, -0.05) is 12.1 Å². The molecule has 0 unspecified atom stereocenters. The van der Waals surface area contributed by atoms with E-state index in [9.17, 15) is 14.4 Å². The summed E-state index contributed by atoms with van der Waals surface area (Å²) in [5.41, 5.74) is 2.30. The van der Waals surface area contributed by atoms with Crippen LogP contribution in [0.4, 0.5) is 4.79 Å². The Kier molecular flexibility index (Phi) is 12.4. The number of benzene rings is 3. The first-order chi connectivity index (χ1) is 24.9. The number of aromatic nitrogens is 2. The molecule has 0 bridgehead atoms. The number of rotatable bonds is 7. The highest BCUT2D eigenvalue weighted by molar-refractivity contribution is 5.85. The first-order valence-corrected chi connectivity index (χ1v) is 17.8. The lowest BCUT2D eigenvalue weighted by Gasteiger charge is -2.24. The number of hydrogen-bond donors (Lipinski definition) is 2. The number of pyridine rings is 2. The fraction of sp³-hybridized carbons (Fsp3) is 0.390. The second-order valence-corrected chi connectivity index (χ2v) is 14.5. The van der Waals surface area contributed by atoms with Crippen LogP contribution in [0.3, 0.4) is 0 Å². The first-order valence-electron chi connectivity index (χ1n) is 17.8. The molecule has 1 amide bonds. The van der Waals surface area contributed by atoms with Gasteiger partial charge in [0.2, 0.25) is 0 Å². The normalized spacial score (nSPS) is 16.8. The number of hydrogen-bond acceptors (Lipinski definition) is 8. The maximum Gasteiger partial charge on any atom is 0.410 e. The zero-order valence-electron chi connectivity index (χ0n) is 31.2. The lowest BCUT2D eigenvalue weighted by atomic mass is 10.1. The molecule has 2 N–H and O–H groups in total. The highest BCUT2D eigenvalue weighted by Gasteiger charge is 2.31. The molecule has 11 nitrogen and oxygen atoms in total. The average molecular weight is 745 g/mol. The van der Waals surface area contributed by atoms with E-state index in [1.807, 2.05) is 101 Å². The van der Waals surface area contributed by atoms with Crippen molar-refractivity contribution in [3.8, 4) is 17.2 Å². The monoisotopic (exact) mass is 744 g/mol. The van der Waals surface area contributed by atoms with E-state index in [2.05, 4.69) is 10.3 Å². The number of aromatic amines is 1. The third-order valence-electron chi connectivity index (χ3n) is 9.25. The predicted octanol–water partition coefficient (Wildman–Crippen LogP) is 6.75. The number of aryl methyl sites for hydroxylation is 2. The van der Waals surface area contributed by atoms with Gasteiger partial charge in [-0.15, -0.1) is 12.4 Å². The van der Waals surface area contributed by atoms with Crippen LogP contribution in [0.2, 0.25) is 0 Å². The Hall–Kier alpha value is -5.00. The molecule has 53 heavy (non-hydrogen) atoms. The molecular weight excluding hydrogens is 696 g/mol. The van der Waals surface area contributed by atoms with Crippen molar-refractivity contribution in [2.24, 2.45) is 0 Å². The summed E-state index contributed by atoms with van der Waals surface area (Å²) < 4.78 is 24.6. The molecule has 2 aliphatic rings. The van der Waals surface area contributed by atoms with Crippen molar-refractivity contribution >= 4 is 40.0 Å². The molecule has 3 aromatic carbocycles. The molecule has 282 valence electrons. The molecule has 0 saturated carbocycles. The van der Waals surface area contributed by atoms with Gasteiger partial charge in [0.1, 0.15) is 35.1 Å². The van der Waals surface area contributed by atoms with Gasteiger partial charge in [0.25, 0.3) is 11.1 Å². The maximum atomic E-state index is 13.1. The zero-order valence-corrected chi connectivity index (χ0v) is 32.0. The summed E-state index contributed by atoms with van der Waals surface area (Å²) in [6, 6.07) is 19.2. The smallest absolute Gasteiger partial charge is 0.410 e. The Balaban J connectivity index is 0.000000239. The van der Waals surface area contributed by atoms with Crippen LogP contribution in [-0.4, -0.2) is 71.6 Å². The van der Waals surface area contributed by atoms with Gasteiger partial charge < -0.3 is 38.7 Å². The van der Waals surface area contributed by atoms with E-state index in [1.54, 1.807) is 22.8 Å². The largest absolute Gasteiger partial charge is 0.497 e. The number of nitrogens with one attached hydrogen (secondary N) is 2. The standard InChI is InChI=1S/C27H32N2O5.C14H16N2O2.ClH/c1-18-14-23-20(10-12-28(25(23)30)16-19-6-8-21(32-5)9-7-19)15-24(18)33-22-11-13-29(17-22)26(31)34-27(2,3)4;1-9-6-12-10(2-5-16-14(12)17)7-13(9)18-11-3-4-15-8-11;/h6-10,12,14-15,22H,11,13,16-17H2,1-5H3;2,5-7,11,15H,3-4,8H2,1H3,(H,16,17);1H/t22-;11-;/m00./s1. The van der Waals surface area contributed by atoms with Crippen molar-refractivity contribution in [2.45, 2.75) is 71.8 Å². The topological polar surface area (TPSA) is 124 Å². The van der Waals surface area contributed by atoms with Crippen LogP contribution in [0.5, 0.6) is 17.2 Å². The molecule has 2 fully saturated rings. The van der Waals surface area contributed by atoms with Crippen molar-refractivity contribution < 1.29 is 23.7 Å². The summed E-state index contributed by atoms with van der Waals surface area (Å²) in [5, 5.41) is 6.40. The molecule has 5 aromatic rings. The molecule has 2 saturated heterocycles.